The van der Waals surface area contributed by atoms with E-state index < -0.39 is 124 Å². The Morgan fingerprint density at radius 1 is 0.462 bits per heavy atom. The zero-order valence-corrected chi connectivity index (χ0v) is 81.2. The highest BCUT2D eigenvalue weighted by Gasteiger charge is 2.55. The van der Waals surface area contributed by atoms with Gasteiger partial charge in [-0.05, 0) is 154 Å². The minimum Gasteiger partial charge on any atom is -0.497 e. The maximum atomic E-state index is 14.7. The molecule has 5 aliphatic rings. The van der Waals surface area contributed by atoms with E-state index in [1.807, 2.05) is 95.2 Å². The molecule has 0 bridgehead atoms. The summed E-state index contributed by atoms with van der Waals surface area (Å²) in [6.45, 7) is 49.1. The summed E-state index contributed by atoms with van der Waals surface area (Å²) in [5, 5.41) is 3.38. The molecule has 0 unspecified atom stereocenters. The fourth-order valence-corrected chi connectivity index (χ4v) is 17.3. The zero-order chi connectivity index (χ0) is 96.1. The SMILES string of the molecule is C.C.C=CCCC[C@H]1[C@H](OC(=O)C[C@H](C(=O)N2C[C@H](Oc3nc4cc(OC)ccc4nc3C=C)[C@@H](C)[C@H]2C(=O)OC(C)(C)C)C(C)(C)C)CCN1C(C)=O.C=CCCC[C@H]1[C@H](OC(=O)C[C@H](C(=O)N2C[C@H](Oc3nc4cc(OC)ccc4nc3Cl)[C@@H](C)[C@H]2C(=O)OC(C)(C)C)C(C)(C)C)CCN1C(C)=O.COc1ccc2nc(Cl)c(O[C@H]3CN[C@H](C(=O)OC(C)(C)C)[C@@H]3C)nc2c1. The van der Waals surface area contributed by atoms with Crippen LogP contribution in [0.3, 0.4) is 0 Å². The maximum Gasteiger partial charge on any atom is 0.329 e. The Morgan fingerprint density at radius 2 is 0.811 bits per heavy atom. The summed E-state index contributed by atoms with van der Waals surface area (Å²) < 4.78 is 63.9. The first-order valence-corrected chi connectivity index (χ1v) is 45.3. The number of likely N-dealkylation sites (tertiary alicyclic amines) is 4. The molecule has 31 nitrogen and oxygen atoms in total. The van der Waals surface area contributed by atoms with E-state index in [4.69, 9.17) is 80.3 Å². The van der Waals surface area contributed by atoms with Crippen LogP contribution in [0.2, 0.25) is 10.3 Å². The van der Waals surface area contributed by atoms with Gasteiger partial charge in [0.2, 0.25) is 29.5 Å². The molecular weight excluding hydrogens is 1730 g/mol. The molecule has 5 fully saturated rings. The number of fused-ring (bicyclic) bond motifs is 3. The van der Waals surface area contributed by atoms with Crippen LogP contribution in [-0.4, -0.2) is 235 Å². The lowest BCUT2D eigenvalue weighted by Gasteiger charge is -2.35. The number of rotatable bonds is 29. The molecule has 1 N–H and O–H groups in total. The molecule has 3 aromatic heterocycles. The Kier molecular flexibility index (Phi) is 37.8. The third-order valence-electron chi connectivity index (χ3n) is 23.8. The molecule has 4 amide bonds. The largest absolute Gasteiger partial charge is 0.497 e. The van der Waals surface area contributed by atoms with Crippen LogP contribution in [-0.2, 0) is 66.8 Å². The predicted octanol–water partition coefficient (Wildman–Crippen LogP) is 16.6. The van der Waals surface area contributed by atoms with E-state index in [2.05, 4.69) is 50.0 Å². The summed E-state index contributed by atoms with van der Waals surface area (Å²) in [5.41, 5.74) is 0.368. The number of carbonyl (C=O) groups is 9. The molecule has 0 spiro atoms. The minimum atomic E-state index is -1.01. The Bertz CT molecular complexity index is 5100. The van der Waals surface area contributed by atoms with Crippen LogP contribution in [0, 0.1) is 40.4 Å². The van der Waals surface area contributed by atoms with Gasteiger partial charge in [-0.25, -0.2) is 39.5 Å². The first-order valence-electron chi connectivity index (χ1n) is 44.6. The van der Waals surface area contributed by atoms with Crippen molar-refractivity contribution in [2.75, 3.05) is 54.1 Å². The van der Waals surface area contributed by atoms with E-state index in [9.17, 15) is 43.2 Å². The van der Waals surface area contributed by atoms with Crippen molar-refractivity contribution >= 4 is 116 Å². The number of carbonyl (C=O) groups excluding carboxylic acids is 9. The molecule has 0 radical (unpaired) electrons. The van der Waals surface area contributed by atoms with Gasteiger partial charge in [-0.15, -0.1) is 13.2 Å². The molecular formula is C99H141Cl2N11O20. The fourth-order valence-electron chi connectivity index (χ4n) is 16.9. The summed E-state index contributed by atoms with van der Waals surface area (Å²) >= 11 is 12.8. The van der Waals surface area contributed by atoms with Gasteiger partial charge in [0.15, 0.2) is 10.3 Å². The van der Waals surface area contributed by atoms with Gasteiger partial charge >= 0.3 is 29.8 Å². The monoisotopic (exact) mass is 1870 g/mol. The Balaban J connectivity index is 0.000000281. The molecule has 5 saturated heterocycles. The first-order chi connectivity index (χ1) is 60.9. The second-order valence-electron chi connectivity index (χ2n) is 39.1. The van der Waals surface area contributed by atoms with Gasteiger partial charge in [-0.2, -0.15) is 0 Å². The Labute approximate surface area is 788 Å². The number of nitrogens with zero attached hydrogens (tertiary/aromatic N) is 10. The molecule has 6 aromatic rings. The van der Waals surface area contributed by atoms with E-state index in [1.54, 1.807) is 133 Å². The number of esters is 5. The van der Waals surface area contributed by atoms with Crippen LogP contribution >= 0.6 is 23.2 Å². The van der Waals surface area contributed by atoms with E-state index >= 15 is 0 Å². The summed E-state index contributed by atoms with van der Waals surface area (Å²) in [6, 6.07) is 13.0. The molecule has 8 heterocycles. The molecule has 3 aromatic carbocycles. The van der Waals surface area contributed by atoms with Crippen LogP contribution in [0.25, 0.3) is 39.2 Å². The normalized spacial score (nSPS) is 22.3. The number of aromatic nitrogens is 6. The van der Waals surface area contributed by atoms with Crippen molar-refractivity contribution in [2.45, 2.75) is 295 Å². The Hall–Kier alpha value is -10.5. The summed E-state index contributed by atoms with van der Waals surface area (Å²) in [4.78, 5) is 155. The van der Waals surface area contributed by atoms with Crippen molar-refractivity contribution < 1.29 is 95.3 Å². The summed E-state index contributed by atoms with van der Waals surface area (Å²) in [5.74, 6) is -3.88. The van der Waals surface area contributed by atoms with Crippen molar-refractivity contribution in [2.24, 2.45) is 40.4 Å². The molecule has 0 saturated carbocycles. The van der Waals surface area contributed by atoms with Gasteiger partial charge in [0.1, 0.15) is 88.4 Å². The standard InChI is InChI=1S/C40H56N4O8.C38H53ClN4O8.C19H24ClN3O4.2CH4/c1-12-14-15-16-31-32(19-20-43(31)25(4)45)50-34(46)22-27(39(5,6)7)37(47)44-23-33(24(3)35(44)38(48)52-40(8,9)10)51-36-28(13-2)41-29-18-17-26(49-11)21-30(29)42-36;1-11-12-13-14-28-29(17-18-42(28)23(3)44)49-31(45)20-25(37(4,5)6)35(46)43-21-30(22(2)32(43)36(47)51-38(7,8)9)50-34-33(39)40-26-16-15-24(48-10)19-27(26)41-34;1-10-14(9-21-15(10)18(24)27-19(2,3)4)26-17-16(20)22-12-7-6-11(25-5)8-13(12)23-17;;/h12-13,17-18,21,24,27,31-33,35H,1-2,14-16,19-20,22-23H2,3-11H3;11,15-16,19,22,25,28-30,32H,1,12-14,17-18,20-21H2,2-10H3;6-8,10,14-15,21H,9H2,1-5H3;2*1H4/t24-,27-,31+,32-,33+,35+;22-,25-,28+,29-,30+,32+;10-,14+,15+;;/m111../s1. The second kappa shape index (κ2) is 45.9. The average Bonchev–Trinajstić information content (AvgIpc) is 1.61. The Morgan fingerprint density at radius 3 is 1.15 bits per heavy atom. The third-order valence-corrected chi connectivity index (χ3v) is 24.3. The first kappa shape index (κ1) is 108. The number of nitrogens with one attached hydrogen (secondary N) is 1. The van der Waals surface area contributed by atoms with E-state index in [0.29, 0.717) is 101 Å². The third kappa shape index (κ3) is 28.1. The second-order valence-corrected chi connectivity index (χ2v) is 39.8. The van der Waals surface area contributed by atoms with E-state index in [1.165, 1.54) is 23.6 Å². The van der Waals surface area contributed by atoms with Crippen molar-refractivity contribution in [1.29, 1.82) is 0 Å². The molecule has 726 valence electrons. The number of hydrogen-bond donors (Lipinski definition) is 1. The number of halogens is 2. The lowest BCUT2D eigenvalue weighted by Crippen LogP contribution is -2.50. The van der Waals surface area contributed by atoms with Crippen molar-refractivity contribution in [3.8, 4) is 34.9 Å². The van der Waals surface area contributed by atoms with Gasteiger partial charge in [0.05, 0.1) is 104 Å². The van der Waals surface area contributed by atoms with Crippen LogP contribution < -0.4 is 33.7 Å². The van der Waals surface area contributed by atoms with Crippen LogP contribution in [0.5, 0.6) is 34.9 Å². The number of benzene rings is 3. The minimum absolute atomic E-state index is 0. The quantitative estimate of drug-likeness (QED) is 0.0197. The number of methoxy groups -OCH3 is 3. The topological polar surface area (TPSA) is 357 Å². The lowest BCUT2D eigenvalue weighted by molar-refractivity contribution is -0.167. The molecule has 132 heavy (non-hydrogen) atoms. The van der Waals surface area contributed by atoms with Crippen molar-refractivity contribution in [1.82, 2.24) is 54.8 Å². The maximum absolute atomic E-state index is 14.7. The summed E-state index contributed by atoms with van der Waals surface area (Å²) in [7, 11) is 4.70. The van der Waals surface area contributed by atoms with Crippen LogP contribution in [0.15, 0.2) is 86.5 Å². The molecule has 33 heteroatoms. The van der Waals surface area contributed by atoms with E-state index in [0.717, 1.165) is 25.7 Å². The molecule has 5 aliphatic heterocycles. The summed E-state index contributed by atoms with van der Waals surface area (Å²) in [6.07, 6.45) is 7.79. The van der Waals surface area contributed by atoms with Crippen LogP contribution in [0.4, 0.5) is 0 Å². The highest BCUT2D eigenvalue weighted by molar-refractivity contribution is 6.31. The highest BCUT2D eigenvalue weighted by atomic mass is 35.5. The van der Waals surface area contributed by atoms with Gasteiger partial charge in [0, 0.05) is 82.3 Å². The predicted molar refractivity (Wildman–Crippen MR) is 507 cm³/mol. The van der Waals surface area contributed by atoms with Gasteiger partial charge in [-0.3, -0.25) is 33.6 Å². The molecule has 11 rings (SSSR count). The fraction of sp³-hybridized carbons (Fsp3) is 0.606. The number of allylic oxidation sites excluding steroid dienone is 2. The highest BCUT2D eigenvalue weighted by Crippen LogP contribution is 2.43. The lowest BCUT2D eigenvalue weighted by atomic mass is 9.77. The number of unbranched alkanes of at least 4 members (excludes halogenated alkanes) is 2. The van der Waals surface area contributed by atoms with Gasteiger partial charge in [-0.1, -0.05) is 119 Å². The van der Waals surface area contributed by atoms with Crippen molar-refractivity contribution in [3.63, 3.8) is 0 Å². The number of amides is 4. The van der Waals surface area contributed by atoms with Gasteiger partial charge < -0.3 is 77.0 Å². The molecule has 15 atom stereocenters. The zero-order valence-electron chi connectivity index (χ0n) is 79.7. The van der Waals surface area contributed by atoms with Crippen molar-refractivity contribution in [3.05, 3.63) is 102 Å². The number of ether oxygens (including phenoxy) is 11. The number of hydrogen-bond acceptors (Lipinski definition) is 27. The van der Waals surface area contributed by atoms with Crippen LogP contribution in [0.1, 0.15) is 223 Å². The van der Waals surface area contributed by atoms with Gasteiger partial charge in [0.25, 0.3) is 11.8 Å². The van der Waals surface area contributed by atoms with E-state index in [-0.39, 0.29) is 117 Å². The molecule has 0 aliphatic carbocycles. The smallest absolute Gasteiger partial charge is 0.329 e. The average molecular weight is 1880 g/mol.